The van der Waals surface area contributed by atoms with Crippen molar-refractivity contribution >= 4 is 6.09 Å². The molecule has 4 heteroatoms. The SMILES string of the molecule is CC1(CN[C@@H]2CC2c2ccccc2)CCN(C(=O)OC(C)(C)C)CC1. The molecule has 1 unspecified atom stereocenters. The van der Waals surface area contributed by atoms with Crippen LogP contribution in [0, 0.1) is 5.41 Å². The summed E-state index contributed by atoms with van der Waals surface area (Å²) >= 11 is 0. The second kappa shape index (κ2) is 6.99. The predicted octanol–water partition coefficient (Wildman–Crippen LogP) is 4.17. The number of nitrogens with one attached hydrogen (secondary N) is 1. The molecule has 2 atom stereocenters. The van der Waals surface area contributed by atoms with Crippen LogP contribution in [0.25, 0.3) is 0 Å². The highest BCUT2D eigenvalue weighted by Gasteiger charge is 2.40. The van der Waals surface area contributed by atoms with E-state index >= 15 is 0 Å². The van der Waals surface area contributed by atoms with Crippen LogP contribution in [0.4, 0.5) is 4.79 Å². The summed E-state index contributed by atoms with van der Waals surface area (Å²) in [7, 11) is 0. The molecule has 1 saturated carbocycles. The van der Waals surface area contributed by atoms with Crippen molar-refractivity contribution in [3.05, 3.63) is 35.9 Å². The van der Waals surface area contributed by atoms with Crippen LogP contribution in [0.15, 0.2) is 30.3 Å². The lowest BCUT2D eigenvalue weighted by Gasteiger charge is -2.40. The molecule has 2 aliphatic rings. The van der Waals surface area contributed by atoms with E-state index in [-0.39, 0.29) is 11.5 Å². The molecule has 1 aromatic rings. The minimum Gasteiger partial charge on any atom is -0.444 e. The fraction of sp³-hybridized carbons (Fsp3) is 0.667. The Labute approximate surface area is 151 Å². The summed E-state index contributed by atoms with van der Waals surface area (Å²) in [5.41, 5.74) is 1.30. The van der Waals surface area contributed by atoms with E-state index < -0.39 is 5.60 Å². The molecule has 0 bridgehead atoms. The predicted molar refractivity (Wildman–Crippen MR) is 101 cm³/mol. The van der Waals surface area contributed by atoms with Gasteiger partial charge in [0.1, 0.15) is 5.60 Å². The van der Waals surface area contributed by atoms with Crippen molar-refractivity contribution in [1.82, 2.24) is 10.2 Å². The van der Waals surface area contributed by atoms with Crippen LogP contribution in [-0.2, 0) is 4.74 Å². The first kappa shape index (κ1) is 18.2. The van der Waals surface area contributed by atoms with Crippen LogP contribution < -0.4 is 5.32 Å². The molecule has 1 heterocycles. The van der Waals surface area contributed by atoms with Crippen LogP contribution in [0.5, 0.6) is 0 Å². The van der Waals surface area contributed by atoms with Crippen molar-refractivity contribution in [2.75, 3.05) is 19.6 Å². The number of hydrogen-bond acceptors (Lipinski definition) is 3. The lowest BCUT2D eigenvalue weighted by Crippen LogP contribution is -2.47. The van der Waals surface area contributed by atoms with Crippen molar-refractivity contribution in [3.63, 3.8) is 0 Å². The van der Waals surface area contributed by atoms with Crippen molar-refractivity contribution in [2.45, 2.75) is 64.5 Å². The van der Waals surface area contributed by atoms with Gasteiger partial charge in [-0.2, -0.15) is 0 Å². The van der Waals surface area contributed by atoms with Gasteiger partial charge in [-0.15, -0.1) is 0 Å². The Kier molecular flexibility index (Phi) is 5.10. The smallest absolute Gasteiger partial charge is 0.410 e. The van der Waals surface area contributed by atoms with Gasteiger partial charge in [-0.25, -0.2) is 4.79 Å². The molecule has 3 rings (SSSR count). The van der Waals surface area contributed by atoms with E-state index in [2.05, 4.69) is 42.6 Å². The molecule has 25 heavy (non-hydrogen) atoms. The minimum atomic E-state index is -0.419. The zero-order chi connectivity index (χ0) is 18.1. The number of piperidine rings is 1. The van der Waals surface area contributed by atoms with E-state index in [0.29, 0.717) is 12.0 Å². The molecular weight excluding hydrogens is 312 g/mol. The number of hydrogen-bond donors (Lipinski definition) is 1. The molecule has 1 amide bonds. The highest BCUT2D eigenvalue weighted by molar-refractivity contribution is 5.68. The topological polar surface area (TPSA) is 41.6 Å². The van der Waals surface area contributed by atoms with Gasteiger partial charge in [0.2, 0.25) is 0 Å². The van der Waals surface area contributed by atoms with Crippen molar-refractivity contribution in [3.8, 4) is 0 Å². The van der Waals surface area contributed by atoms with Gasteiger partial charge >= 0.3 is 6.09 Å². The average Bonchev–Trinajstić information content (AvgIpc) is 3.33. The van der Waals surface area contributed by atoms with Crippen molar-refractivity contribution in [1.29, 1.82) is 0 Å². The third-order valence-electron chi connectivity index (χ3n) is 5.43. The fourth-order valence-electron chi connectivity index (χ4n) is 3.60. The van der Waals surface area contributed by atoms with Crippen LogP contribution in [0.1, 0.15) is 58.4 Å². The van der Waals surface area contributed by atoms with Crippen LogP contribution in [0.3, 0.4) is 0 Å². The molecule has 0 spiro atoms. The number of nitrogens with zero attached hydrogens (tertiary/aromatic N) is 1. The number of ether oxygens (including phenoxy) is 1. The van der Waals surface area contributed by atoms with E-state index in [9.17, 15) is 4.79 Å². The van der Waals surface area contributed by atoms with Crippen LogP contribution >= 0.6 is 0 Å². The van der Waals surface area contributed by atoms with E-state index in [1.807, 2.05) is 25.7 Å². The number of likely N-dealkylation sites (tertiary alicyclic amines) is 1. The maximum atomic E-state index is 12.2. The third kappa shape index (κ3) is 4.97. The molecule has 4 nitrogen and oxygen atoms in total. The Hall–Kier alpha value is -1.55. The van der Waals surface area contributed by atoms with E-state index in [1.54, 1.807) is 0 Å². The Morgan fingerprint density at radius 3 is 2.48 bits per heavy atom. The molecule has 1 aliphatic carbocycles. The van der Waals surface area contributed by atoms with Gasteiger partial charge in [0.25, 0.3) is 0 Å². The summed E-state index contributed by atoms with van der Waals surface area (Å²) in [5.74, 6) is 0.673. The molecule has 1 aromatic carbocycles. The van der Waals surface area contributed by atoms with Gasteiger partial charge in [0.15, 0.2) is 0 Å². The van der Waals surface area contributed by atoms with Gasteiger partial charge in [0, 0.05) is 31.6 Å². The van der Waals surface area contributed by atoms with E-state index in [0.717, 1.165) is 32.5 Å². The normalized spacial score (nSPS) is 25.5. The first-order chi connectivity index (χ1) is 11.8. The average molecular weight is 344 g/mol. The lowest BCUT2D eigenvalue weighted by atomic mass is 9.80. The van der Waals surface area contributed by atoms with Gasteiger partial charge in [-0.3, -0.25) is 0 Å². The number of carbonyl (C=O) groups is 1. The maximum absolute atomic E-state index is 12.2. The fourth-order valence-corrected chi connectivity index (χ4v) is 3.60. The zero-order valence-corrected chi connectivity index (χ0v) is 16.0. The number of rotatable bonds is 4. The lowest BCUT2D eigenvalue weighted by molar-refractivity contribution is 0.0119. The first-order valence-electron chi connectivity index (χ1n) is 9.52. The van der Waals surface area contributed by atoms with Gasteiger partial charge in [0.05, 0.1) is 0 Å². The monoisotopic (exact) mass is 344 g/mol. The molecule has 138 valence electrons. The summed E-state index contributed by atoms with van der Waals surface area (Å²) < 4.78 is 5.49. The summed E-state index contributed by atoms with van der Waals surface area (Å²) in [4.78, 5) is 14.0. The largest absolute Gasteiger partial charge is 0.444 e. The summed E-state index contributed by atoms with van der Waals surface area (Å²) in [6, 6.07) is 11.4. The summed E-state index contributed by atoms with van der Waals surface area (Å²) in [6.45, 7) is 10.7. The number of amides is 1. The second-order valence-electron chi connectivity index (χ2n) is 9.02. The van der Waals surface area contributed by atoms with E-state index in [1.165, 1.54) is 12.0 Å². The Bertz CT molecular complexity index is 586. The molecule has 1 N–H and O–H groups in total. The van der Waals surface area contributed by atoms with Gasteiger partial charge < -0.3 is 15.0 Å². The molecule has 0 radical (unpaired) electrons. The molecule has 0 aromatic heterocycles. The minimum absolute atomic E-state index is 0.172. The molecular formula is C21H32N2O2. The highest BCUT2D eigenvalue weighted by atomic mass is 16.6. The van der Waals surface area contributed by atoms with Crippen LogP contribution in [0.2, 0.25) is 0 Å². The Morgan fingerprint density at radius 1 is 1.24 bits per heavy atom. The van der Waals surface area contributed by atoms with Crippen molar-refractivity contribution < 1.29 is 9.53 Å². The highest BCUT2D eigenvalue weighted by Crippen LogP contribution is 2.41. The summed E-state index contributed by atoms with van der Waals surface area (Å²) in [5, 5.41) is 3.76. The number of benzene rings is 1. The Morgan fingerprint density at radius 2 is 1.88 bits per heavy atom. The van der Waals surface area contributed by atoms with Gasteiger partial charge in [-0.05, 0) is 51.0 Å². The first-order valence-corrected chi connectivity index (χ1v) is 9.52. The molecule has 2 fully saturated rings. The molecule has 1 aliphatic heterocycles. The third-order valence-corrected chi connectivity index (χ3v) is 5.43. The van der Waals surface area contributed by atoms with Crippen molar-refractivity contribution in [2.24, 2.45) is 5.41 Å². The summed E-state index contributed by atoms with van der Waals surface area (Å²) in [6.07, 6.45) is 3.13. The second-order valence-corrected chi connectivity index (χ2v) is 9.02. The van der Waals surface area contributed by atoms with Gasteiger partial charge in [-0.1, -0.05) is 37.3 Å². The number of carbonyl (C=O) groups excluding carboxylic acids is 1. The maximum Gasteiger partial charge on any atom is 0.410 e. The molecule has 1 saturated heterocycles. The van der Waals surface area contributed by atoms with Crippen LogP contribution in [-0.4, -0.2) is 42.3 Å². The quantitative estimate of drug-likeness (QED) is 0.891. The zero-order valence-electron chi connectivity index (χ0n) is 16.0. The standard InChI is InChI=1S/C21H32N2O2/c1-20(2,3)25-19(24)23-12-10-21(4,11-13-23)15-22-18-14-17(18)16-8-6-5-7-9-16/h5-9,17-18,22H,10-15H2,1-4H3/t17?,18-/m1/s1. The van der Waals surface area contributed by atoms with E-state index in [4.69, 9.17) is 4.74 Å². The Balaban J connectivity index is 1.42.